The van der Waals surface area contributed by atoms with Gasteiger partial charge in [-0.3, -0.25) is 4.79 Å². The van der Waals surface area contributed by atoms with E-state index in [2.05, 4.69) is 22.2 Å². The zero-order chi connectivity index (χ0) is 16.7. The van der Waals surface area contributed by atoms with Gasteiger partial charge in [-0.05, 0) is 38.2 Å². The van der Waals surface area contributed by atoms with Gasteiger partial charge in [-0.15, -0.1) is 0 Å². The van der Waals surface area contributed by atoms with Gasteiger partial charge in [0.1, 0.15) is 16.9 Å². The highest BCUT2D eigenvalue weighted by Crippen LogP contribution is 2.42. The molecule has 0 aromatic heterocycles. The van der Waals surface area contributed by atoms with Crippen LogP contribution in [0, 0.1) is 17.8 Å². The van der Waals surface area contributed by atoms with Crippen molar-refractivity contribution >= 4 is 11.7 Å². The molecular formula is C17H19N3O3. The van der Waals surface area contributed by atoms with Crippen LogP contribution in [0.4, 0.5) is 0 Å². The molecule has 23 heavy (non-hydrogen) atoms. The first-order valence-electron chi connectivity index (χ1n) is 7.44. The number of primary amides is 1. The molecule has 2 unspecified atom stereocenters. The van der Waals surface area contributed by atoms with E-state index < -0.39 is 17.0 Å². The highest BCUT2D eigenvalue weighted by Gasteiger charge is 2.50. The second-order valence-corrected chi connectivity index (χ2v) is 6.33. The van der Waals surface area contributed by atoms with Crippen LogP contribution in [-0.4, -0.2) is 41.1 Å². The van der Waals surface area contributed by atoms with Gasteiger partial charge in [0.15, 0.2) is 5.84 Å². The number of amidine groups is 1. The summed E-state index contributed by atoms with van der Waals surface area (Å²) in [7, 11) is 0. The number of carbonyl (C=O) groups is 1. The summed E-state index contributed by atoms with van der Waals surface area (Å²) in [6.45, 7) is 4.34. The molecule has 2 atom stereocenters. The van der Waals surface area contributed by atoms with Gasteiger partial charge in [-0.1, -0.05) is 11.8 Å². The highest BCUT2D eigenvalue weighted by molar-refractivity contribution is 6.37. The summed E-state index contributed by atoms with van der Waals surface area (Å²) in [4.78, 5) is 16.0. The molecule has 1 saturated heterocycles. The minimum absolute atomic E-state index is 0.0862. The van der Waals surface area contributed by atoms with Crippen molar-refractivity contribution in [2.24, 2.45) is 16.6 Å². The number of carbonyl (C=O) groups excluding carboxylic acids is 1. The first-order valence-corrected chi connectivity index (χ1v) is 7.44. The van der Waals surface area contributed by atoms with E-state index in [1.165, 1.54) is 0 Å². The molecule has 6 heteroatoms. The van der Waals surface area contributed by atoms with Crippen molar-refractivity contribution < 1.29 is 14.6 Å². The van der Waals surface area contributed by atoms with Crippen molar-refractivity contribution in [1.82, 2.24) is 5.32 Å². The summed E-state index contributed by atoms with van der Waals surface area (Å²) < 4.78 is 5.76. The molecule has 0 radical (unpaired) electrons. The highest BCUT2D eigenvalue weighted by atomic mass is 16.5. The Bertz CT molecular complexity index is 728. The quantitative estimate of drug-likeness (QED) is 0.594. The summed E-state index contributed by atoms with van der Waals surface area (Å²) in [6.07, 6.45) is 7.39. The Balaban J connectivity index is 2.00. The summed E-state index contributed by atoms with van der Waals surface area (Å²) in [6, 6.07) is 0. The van der Waals surface area contributed by atoms with Gasteiger partial charge in [0.2, 0.25) is 0 Å². The van der Waals surface area contributed by atoms with E-state index in [-0.39, 0.29) is 11.8 Å². The summed E-state index contributed by atoms with van der Waals surface area (Å²) in [5.74, 6) is 6.05. The Morgan fingerprint density at radius 1 is 1.57 bits per heavy atom. The molecule has 3 aliphatic rings. The lowest BCUT2D eigenvalue weighted by Gasteiger charge is -2.31. The maximum Gasteiger partial charge on any atom is 0.283 e. The molecule has 0 aromatic rings. The number of aliphatic imine (C=N–C) groups is 1. The third kappa shape index (κ3) is 2.88. The fraction of sp³-hybridized carbons (Fsp3) is 0.412. The van der Waals surface area contributed by atoms with E-state index in [0.29, 0.717) is 18.9 Å². The molecule has 1 amide bonds. The van der Waals surface area contributed by atoms with E-state index >= 15 is 0 Å². The lowest BCUT2D eigenvalue weighted by atomic mass is 9.83. The maximum absolute atomic E-state index is 11.5. The topological polar surface area (TPSA) is 96.9 Å². The normalized spacial score (nSPS) is 28.5. The first kappa shape index (κ1) is 15.4. The lowest BCUT2D eigenvalue weighted by Crippen LogP contribution is -2.51. The molecule has 2 heterocycles. The largest absolute Gasteiger partial charge is 0.494 e. The molecule has 1 spiro atoms. The van der Waals surface area contributed by atoms with Crippen molar-refractivity contribution in [2.45, 2.75) is 25.0 Å². The van der Waals surface area contributed by atoms with Crippen LogP contribution in [0.1, 0.15) is 13.8 Å². The molecule has 4 N–H and O–H groups in total. The Hall–Kier alpha value is -2.52. The van der Waals surface area contributed by atoms with Gasteiger partial charge in [0.05, 0.1) is 6.61 Å². The van der Waals surface area contributed by atoms with Crippen molar-refractivity contribution in [3.05, 3.63) is 35.6 Å². The number of amides is 1. The maximum atomic E-state index is 11.5. The van der Waals surface area contributed by atoms with Crippen LogP contribution < -0.4 is 11.1 Å². The van der Waals surface area contributed by atoms with Gasteiger partial charge >= 0.3 is 0 Å². The molecule has 6 nitrogen and oxygen atoms in total. The summed E-state index contributed by atoms with van der Waals surface area (Å²) in [5, 5.41) is 12.7. The molecule has 1 fully saturated rings. The van der Waals surface area contributed by atoms with E-state index in [1.54, 1.807) is 13.8 Å². The predicted octanol–water partition coefficient (Wildman–Crippen LogP) is 0.0130. The average molecular weight is 313 g/mol. The number of nitrogens with two attached hydrogens (primary N) is 1. The van der Waals surface area contributed by atoms with E-state index in [4.69, 9.17) is 10.5 Å². The second kappa shape index (κ2) is 5.28. The number of aliphatic hydroxyl groups is 1. The molecule has 0 saturated carbocycles. The van der Waals surface area contributed by atoms with Gasteiger partial charge in [-0.25, -0.2) is 4.99 Å². The van der Waals surface area contributed by atoms with Crippen molar-refractivity contribution in [2.75, 3.05) is 13.2 Å². The molecule has 0 bridgehead atoms. The summed E-state index contributed by atoms with van der Waals surface area (Å²) >= 11 is 0. The van der Waals surface area contributed by atoms with E-state index in [9.17, 15) is 9.90 Å². The van der Waals surface area contributed by atoms with Gasteiger partial charge in [0.25, 0.3) is 5.91 Å². The Labute approximate surface area is 134 Å². The van der Waals surface area contributed by atoms with Crippen LogP contribution >= 0.6 is 0 Å². The number of nitrogens with zero attached hydrogens (tertiary/aromatic N) is 1. The molecule has 120 valence electrons. The number of allylic oxidation sites excluding steroid dienone is 4. The second-order valence-electron chi connectivity index (χ2n) is 6.33. The van der Waals surface area contributed by atoms with Crippen LogP contribution in [0.5, 0.6) is 0 Å². The predicted molar refractivity (Wildman–Crippen MR) is 86.2 cm³/mol. The minimum Gasteiger partial charge on any atom is -0.494 e. The molecule has 1 aliphatic carbocycles. The van der Waals surface area contributed by atoms with Gasteiger partial charge < -0.3 is 20.9 Å². The van der Waals surface area contributed by atoms with Gasteiger partial charge in [0, 0.05) is 18.0 Å². The third-order valence-corrected chi connectivity index (χ3v) is 3.95. The van der Waals surface area contributed by atoms with Crippen LogP contribution in [0.2, 0.25) is 0 Å². The zero-order valence-electron chi connectivity index (χ0n) is 13.1. The Morgan fingerprint density at radius 2 is 2.35 bits per heavy atom. The van der Waals surface area contributed by atoms with E-state index in [1.807, 2.05) is 24.3 Å². The van der Waals surface area contributed by atoms with Crippen LogP contribution in [-0.2, 0) is 9.53 Å². The fourth-order valence-corrected chi connectivity index (χ4v) is 2.77. The SMILES string of the molecule is CC(C)(O)C#CC1=CC=C2OCC3CNC(C(N)=O)=NC23C=C1. The van der Waals surface area contributed by atoms with Crippen molar-refractivity contribution in [3.63, 3.8) is 0 Å². The number of hydrogen-bond donors (Lipinski definition) is 3. The molecule has 3 rings (SSSR count). The average Bonchev–Trinajstić information content (AvgIpc) is 2.74. The smallest absolute Gasteiger partial charge is 0.283 e. The number of ether oxygens (including phenoxy) is 1. The fourth-order valence-electron chi connectivity index (χ4n) is 2.77. The lowest BCUT2D eigenvalue weighted by molar-refractivity contribution is -0.112. The monoisotopic (exact) mass is 313 g/mol. The van der Waals surface area contributed by atoms with Crippen molar-refractivity contribution in [3.8, 4) is 11.8 Å². The standard InChI is InChI=1S/C17H19N3O3/c1-16(2,22)7-5-11-3-4-13-17(8-6-11)12(10-23-13)9-19-15(20-17)14(18)21/h3-4,6,8,12,22H,9-10H2,1-2H3,(H2,18,21)(H,19,20). The number of hydrogen-bond acceptors (Lipinski definition) is 5. The minimum atomic E-state index is -1.06. The van der Waals surface area contributed by atoms with Gasteiger partial charge in [-0.2, -0.15) is 0 Å². The molecule has 2 aliphatic heterocycles. The number of rotatable bonds is 1. The Morgan fingerprint density at radius 3 is 3.04 bits per heavy atom. The number of nitrogens with one attached hydrogen (secondary N) is 1. The van der Waals surface area contributed by atoms with Crippen molar-refractivity contribution in [1.29, 1.82) is 0 Å². The summed E-state index contributed by atoms with van der Waals surface area (Å²) in [5.41, 5.74) is 4.31. The van der Waals surface area contributed by atoms with Crippen LogP contribution in [0.25, 0.3) is 0 Å². The molecular weight excluding hydrogens is 294 g/mol. The van der Waals surface area contributed by atoms with E-state index in [0.717, 1.165) is 5.57 Å². The van der Waals surface area contributed by atoms with Crippen LogP contribution in [0.3, 0.4) is 0 Å². The zero-order valence-corrected chi connectivity index (χ0v) is 13.1. The van der Waals surface area contributed by atoms with Crippen LogP contribution in [0.15, 0.2) is 40.6 Å². The Kier molecular flexibility index (Phi) is 3.53. The third-order valence-electron chi connectivity index (χ3n) is 3.95. The first-order chi connectivity index (χ1) is 10.8. The molecule has 0 aromatic carbocycles.